The Bertz CT molecular complexity index is 360. The zero-order valence-electron chi connectivity index (χ0n) is 14.9. The molecule has 0 radical (unpaired) electrons. The maximum atomic E-state index is 5.23. The normalized spacial score (nSPS) is 11.1. The molecule has 0 N–H and O–H groups in total. The lowest BCUT2D eigenvalue weighted by Crippen LogP contribution is -2.25. The molecule has 0 aliphatic heterocycles. The van der Waals surface area contributed by atoms with E-state index in [0.717, 1.165) is 12.3 Å². The Balaban J connectivity index is 2.25. The molecule has 0 amide bonds. The number of rotatable bonds is 13. The van der Waals surface area contributed by atoms with Gasteiger partial charge in [0.05, 0.1) is 7.11 Å². The summed E-state index contributed by atoms with van der Waals surface area (Å²) in [5.74, 6) is 0.942. The van der Waals surface area contributed by atoms with E-state index >= 15 is 0 Å². The van der Waals surface area contributed by atoms with Crippen LogP contribution < -0.4 is 4.74 Å². The lowest BCUT2D eigenvalue weighted by Gasteiger charge is -2.22. The largest absolute Gasteiger partial charge is 0.497 e. The van der Waals surface area contributed by atoms with E-state index in [4.69, 9.17) is 4.74 Å². The molecule has 0 fully saturated rings. The second kappa shape index (κ2) is 12.5. The Kier molecular flexibility index (Phi) is 10.8. The fourth-order valence-corrected chi connectivity index (χ4v) is 2.87. The quantitative estimate of drug-likeness (QED) is 0.436. The van der Waals surface area contributed by atoms with Crippen LogP contribution in [0, 0.1) is 0 Å². The molecule has 0 aromatic heterocycles. The van der Waals surface area contributed by atoms with Crippen molar-refractivity contribution in [2.24, 2.45) is 0 Å². The lowest BCUT2D eigenvalue weighted by molar-refractivity contribution is 0.259. The van der Waals surface area contributed by atoms with Gasteiger partial charge in [0.25, 0.3) is 0 Å². The van der Waals surface area contributed by atoms with Crippen molar-refractivity contribution in [3.05, 3.63) is 29.8 Å². The fourth-order valence-electron chi connectivity index (χ4n) is 2.87. The van der Waals surface area contributed by atoms with Gasteiger partial charge in [0.15, 0.2) is 0 Å². The van der Waals surface area contributed by atoms with Gasteiger partial charge in [-0.2, -0.15) is 0 Å². The predicted octanol–water partition coefficient (Wildman–Crippen LogP) is 5.66. The first-order valence-corrected chi connectivity index (χ1v) is 9.15. The summed E-state index contributed by atoms with van der Waals surface area (Å²) in [6.45, 7) is 8.04. The van der Waals surface area contributed by atoms with E-state index in [-0.39, 0.29) is 0 Å². The molecule has 2 heteroatoms. The molecular weight excluding hydrogens is 270 g/mol. The second-order valence-corrected chi connectivity index (χ2v) is 6.25. The van der Waals surface area contributed by atoms with Gasteiger partial charge in [0.1, 0.15) is 5.75 Å². The van der Waals surface area contributed by atoms with Crippen LogP contribution >= 0.6 is 0 Å². The molecule has 0 heterocycles. The van der Waals surface area contributed by atoms with Gasteiger partial charge in [-0.05, 0) is 43.6 Å². The third kappa shape index (κ3) is 8.43. The van der Waals surface area contributed by atoms with Crippen LogP contribution in [0.4, 0.5) is 0 Å². The zero-order chi connectivity index (χ0) is 16.0. The highest BCUT2D eigenvalue weighted by Crippen LogP contribution is 2.14. The number of hydrogen-bond donors (Lipinski definition) is 0. The van der Waals surface area contributed by atoms with Crippen molar-refractivity contribution in [3.8, 4) is 5.75 Å². The topological polar surface area (TPSA) is 12.5 Å². The van der Waals surface area contributed by atoms with E-state index in [1.165, 1.54) is 70.0 Å². The first kappa shape index (κ1) is 19.0. The minimum absolute atomic E-state index is 0.942. The van der Waals surface area contributed by atoms with Crippen LogP contribution in [-0.4, -0.2) is 25.1 Å². The van der Waals surface area contributed by atoms with Gasteiger partial charge in [-0.1, -0.05) is 64.5 Å². The van der Waals surface area contributed by atoms with Crippen molar-refractivity contribution < 1.29 is 4.74 Å². The molecule has 22 heavy (non-hydrogen) atoms. The van der Waals surface area contributed by atoms with E-state index in [9.17, 15) is 0 Å². The van der Waals surface area contributed by atoms with Crippen LogP contribution in [0.25, 0.3) is 0 Å². The Labute approximate surface area is 137 Å². The first-order chi connectivity index (χ1) is 10.8. The highest BCUT2D eigenvalue weighted by Gasteiger charge is 2.05. The number of unbranched alkanes of at least 4 members (excludes halogenated alkanes) is 6. The van der Waals surface area contributed by atoms with E-state index in [0.29, 0.717) is 0 Å². The molecular formula is C20H35NO. The summed E-state index contributed by atoms with van der Waals surface area (Å²) in [7, 11) is 1.72. The highest BCUT2D eigenvalue weighted by atomic mass is 16.5. The van der Waals surface area contributed by atoms with E-state index in [2.05, 4.69) is 43.0 Å². The third-order valence-corrected chi connectivity index (χ3v) is 4.18. The SMILES string of the molecule is CCCCCCCCCN(CCC)Cc1ccc(OC)cc1. The van der Waals surface area contributed by atoms with Crippen LogP contribution in [0.3, 0.4) is 0 Å². The molecule has 0 spiro atoms. The molecule has 0 saturated carbocycles. The molecule has 126 valence electrons. The summed E-state index contributed by atoms with van der Waals surface area (Å²) < 4.78 is 5.23. The van der Waals surface area contributed by atoms with Gasteiger partial charge >= 0.3 is 0 Å². The van der Waals surface area contributed by atoms with Crippen molar-refractivity contribution >= 4 is 0 Å². The van der Waals surface area contributed by atoms with Crippen LogP contribution in [0.1, 0.15) is 70.8 Å². The molecule has 1 rings (SSSR count). The molecule has 1 aromatic rings. The minimum Gasteiger partial charge on any atom is -0.497 e. The highest BCUT2D eigenvalue weighted by molar-refractivity contribution is 5.27. The molecule has 0 aliphatic carbocycles. The number of nitrogens with zero attached hydrogens (tertiary/aromatic N) is 1. The summed E-state index contributed by atoms with van der Waals surface area (Å²) in [4.78, 5) is 2.59. The minimum atomic E-state index is 0.942. The summed E-state index contributed by atoms with van der Waals surface area (Å²) in [6, 6.07) is 8.50. The average molecular weight is 306 g/mol. The first-order valence-electron chi connectivity index (χ1n) is 9.15. The monoisotopic (exact) mass is 305 g/mol. The van der Waals surface area contributed by atoms with Gasteiger partial charge in [0, 0.05) is 6.54 Å². The van der Waals surface area contributed by atoms with Gasteiger partial charge in [-0.15, -0.1) is 0 Å². The Morgan fingerprint density at radius 2 is 1.41 bits per heavy atom. The summed E-state index contributed by atoms with van der Waals surface area (Å²) >= 11 is 0. The Morgan fingerprint density at radius 1 is 0.773 bits per heavy atom. The standard InChI is InChI=1S/C20H35NO/c1-4-6-7-8-9-10-11-17-21(16-5-2)18-19-12-14-20(22-3)15-13-19/h12-15H,4-11,16-18H2,1-3H3. The van der Waals surface area contributed by atoms with Crippen LogP contribution in [0.5, 0.6) is 5.75 Å². The van der Waals surface area contributed by atoms with Gasteiger partial charge in [-0.25, -0.2) is 0 Å². The number of benzene rings is 1. The molecule has 0 bridgehead atoms. The maximum Gasteiger partial charge on any atom is 0.118 e. The number of methoxy groups -OCH3 is 1. The van der Waals surface area contributed by atoms with Crippen molar-refractivity contribution in [2.45, 2.75) is 71.8 Å². The third-order valence-electron chi connectivity index (χ3n) is 4.18. The van der Waals surface area contributed by atoms with Crippen molar-refractivity contribution in [3.63, 3.8) is 0 Å². The second-order valence-electron chi connectivity index (χ2n) is 6.25. The van der Waals surface area contributed by atoms with Gasteiger partial charge in [0.2, 0.25) is 0 Å². The zero-order valence-corrected chi connectivity index (χ0v) is 14.9. The molecule has 0 atom stereocenters. The summed E-state index contributed by atoms with van der Waals surface area (Å²) in [6.07, 6.45) is 10.9. The Morgan fingerprint density at radius 3 is 2.00 bits per heavy atom. The van der Waals surface area contributed by atoms with Crippen LogP contribution in [0.15, 0.2) is 24.3 Å². The van der Waals surface area contributed by atoms with Gasteiger partial charge < -0.3 is 4.74 Å². The molecule has 2 nitrogen and oxygen atoms in total. The Hall–Kier alpha value is -1.02. The molecule has 1 aromatic carbocycles. The van der Waals surface area contributed by atoms with Crippen LogP contribution in [-0.2, 0) is 6.54 Å². The average Bonchev–Trinajstić information content (AvgIpc) is 2.55. The lowest BCUT2D eigenvalue weighted by atomic mass is 10.1. The molecule has 0 saturated heterocycles. The van der Waals surface area contributed by atoms with Gasteiger partial charge in [-0.3, -0.25) is 4.90 Å². The number of hydrogen-bond acceptors (Lipinski definition) is 2. The van der Waals surface area contributed by atoms with E-state index < -0.39 is 0 Å². The fraction of sp³-hybridized carbons (Fsp3) is 0.700. The maximum absolute atomic E-state index is 5.23. The summed E-state index contributed by atoms with van der Waals surface area (Å²) in [5.41, 5.74) is 1.39. The van der Waals surface area contributed by atoms with Crippen LogP contribution in [0.2, 0.25) is 0 Å². The van der Waals surface area contributed by atoms with Crippen molar-refractivity contribution in [1.82, 2.24) is 4.90 Å². The van der Waals surface area contributed by atoms with Crippen molar-refractivity contribution in [1.29, 1.82) is 0 Å². The van der Waals surface area contributed by atoms with E-state index in [1.54, 1.807) is 7.11 Å². The number of ether oxygens (including phenoxy) is 1. The molecule has 0 unspecified atom stereocenters. The smallest absolute Gasteiger partial charge is 0.118 e. The predicted molar refractivity (Wildman–Crippen MR) is 96.6 cm³/mol. The summed E-state index contributed by atoms with van der Waals surface area (Å²) in [5, 5.41) is 0. The van der Waals surface area contributed by atoms with E-state index in [1.807, 2.05) is 0 Å². The van der Waals surface area contributed by atoms with Crippen molar-refractivity contribution in [2.75, 3.05) is 20.2 Å². The molecule has 0 aliphatic rings.